The van der Waals surface area contributed by atoms with Crippen LogP contribution in [0.25, 0.3) is 285 Å². The van der Waals surface area contributed by atoms with Gasteiger partial charge in [-0.05, 0) is 289 Å². The van der Waals surface area contributed by atoms with E-state index in [4.69, 9.17) is 13.3 Å². The highest BCUT2D eigenvalue weighted by Gasteiger charge is 2.29. The Bertz CT molecular complexity index is 10200. The Kier molecular flexibility index (Phi) is 20.1. The van der Waals surface area contributed by atoms with Crippen molar-refractivity contribution in [3.8, 4) is 111 Å². The SMILES string of the molecule is CC(C)(C)c1cc2ccc3c(-c4ccc(-c5cccc6c5oc5ccccc56)cc4)cc(-c4ccc5ccccc5c4)c4ccc(c1)c2c34.CC(C)(C)c1cc2ccc3c(-c4ccc(-c5ccccc5)cc4)cc(-c4ccc(-c5cccc6c5oc5ccccc56)cc4)c4ccc(c1)c2c34.CC(C)(C)c1cc2ccc3c(-c4ccccc4)cc(-c4ccccc4-c4cccc5oc6ccccc6c45)c4ccc(c1)c2c34. The quantitative estimate of drug-likeness (QED) is 0.128. The molecule has 0 atom stereocenters. The summed E-state index contributed by atoms with van der Waals surface area (Å²) in [6, 6.07) is 167. The average molecular weight is 1860 g/mol. The fourth-order valence-electron chi connectivity index (χ4n) is 23.5. The Hall–Kier alpha value is -17.5. The number of hydrogen-bond donors (Lipinski definition) is 0. The van der Waals surface area contributed by atoms with Crippen LogP contribution in [0.2, 0.25) is 0 Å². The van der Waals surface area contributed by atoms with Crippen molar-refractivity contribution in [3.63, 3.8) is 0 Å². The molecule has 0 saturated carbocycles. The van der Waals surface area contributed by atoms with Crippen LogP contribution in [0.15, 0.2) is 468 Å². The standard InChI is InChI=1S/C50H36O.C48H34O.C44H32O/c1-50(2,3)38-28-36-24-26-41-44(34-18-16-32(17-19-34)31-10-5-4-6-11-31)30-45(42-27-25-37(29-38)47(36)48(41)42)35-22-20-33(21-23-35)39-13-9-14-43-40-12-7-8-15-46(40)51-49(39)43;1-48(2,3)36-26-34-21-23-39-42(31-18-16-30(17-19-31)37-12-8-13-41-38-11-6-7-14-44(38)49-47(37)41)28-43(40-24-22-35(27-36)45(34)46(39)40)33-20-15-29-9-4-5-10-32(29)25-33;1-44(2,3)30-24-28-20-22-34-37(27-12-5-4-6-13-27)26-38(35-23-21-29(25-30)41(28)43(34)35)32-15-8-7-14-31(32)33-17-11-19-40-42(33)36-16-9-10-18-39(36)45-40/h4-30H,1-3H3;4-28H,1-3H3;4-26H,1-3H3. The first kappa shape index (κ1) is 86.6. The molecule has 688 valence electrons. The predicted molar refractivity (Wildman–Crippen MR) is 620 cm³/mol. The molecule has 0 spiro atoms. The van der Waals surface area contributed by atoms with Crippen LogP contribution in [0.5, 0.6) is 0 Å². The van der Waals surface area contributed by atoms with E-state index in [1.165, 1.54) is 213 Å². The lowest BCUT2D eigenvalue weighted by atomic mass is 9.81. The van der Waals surface area contributed by atoms with E-state index >= 15 is 0 Å². The van der Waals surface area contributed by atoms with E-state index in [1.54, 1.807) is 0 Å². The second-order valence-electron chi connectivity index (χ2n) is 42.8. The first-order valence-electron chi connectivity index (χ1n) is 50.8. The van der Waals surface area contributed by atoms with Crippen LogP contribution in [0, 0.1) is 0 Å². The fraction of sp³-hybridized carbons (Fsp3) is 0.0845. The molecule has 3 heteroatoms. The summed E-state index contributed by atoms with van der Waals surface area (Å²) < 4.78 is 19.1. The Morgan fingerprint density at radius 1 is 0.131 bits per heavy atom. The van der Waals surface area contributed by atoms with Gasteiger partial charge in [0, 0.05) is 43.4 Å². The van der Waals surface area contributed by atoms with E-state index in [0.717, 1.165) is 88.1 Å². The molecule has 0 unspecified atom stereocenters. The first-order valence-corrected chi connectivity index (χ1v) is 50.8. The maximum atomic E-state index is 6.41. The second-order valence-corrected chi connectivity index (χ2v) is 42.8. The molecule has 3 nitrogen and oxygen atoms in total. The van der Waals surface area contributed by atoms with E-state index in [2.05, 4.69) is 487 Å². The lowest BCUT2D eigenvalue weighted by Gasteiger charge is -2.23. The summed E-state index contributed by atoms with van der Waals surface area (Å²) in [5.74, 6) is 0. The first-order chi connectivity index (χ1) is 70.8. The average Bonchev–Trinajstić information content (AvgIpc) is 1.21. The minimum Gasteiger partial charge on any atom is -0.456 e. The molecule has 29 aromatic rings. The van der Waals surface area contributed by atoms with Crippen molar-refractivity contribution in [2.24, 2.45) is 0 Å². The third-order valence-electron chi connectivity index (χ3n) is 30.9. The summed E-state index contributed by atoms with van der Waals surface area (Å²) in [5, 5.41) is 33.0. The minimum atomic E-state index is 0.0652. The third kappa shape index (κ3) is 14.6. The molecule has 0 saturated heterocycles. The molecule has 0 aliphatic carbocycles. The number of para-hydroxylation sites is 5. The van der Waals surface area contributed by atoms with Gasteiger partial charge in [0.1, 0.15) is 33.5 Å². The Morgan fingerprint density at radius 3 is 0.821 bits per heavy atom. The summed E-state index contributed by atoms with van der Waals surface area (Å²) in [6.45, 7) is 20.7. The molecule has 3 aromatic heterocycles. The van der Waals surface area contributed by atoms with Gasteiger partial charge in [-0.2, -0.15) is 0 Å². The Balaban J connectivity index is 0.000000108. The molecule has 29 rings (SSSR count). The Morgan fingerprint density at radius 2 is 0.400 bits per heavy atom. The summed E-state index contributed by atoms with van der Waals surface area (Å²) in [6.07, 6.45) is 0. The highest BCUT2D eigenvalue weighted by atomic mass is 16.3. The van der Waals surface area contributed by atoms with Crippen LogP contribution in [0.3, 0.4) is 0 Å². The highest BCUT2D eigenvalue weighted by Crippen LogP contribution is 2.54. The molecule has 0 aliphatic rings. The monoisotopic (exact) mass is 1850 g/mol. The van der Waals surface area contributed by atoms with Gasteiger partial charge in [0.25, 0.3) is 0 Å². The van der Waals surface area contributed by atoms with Crippen molar-refractivity contribution in [2.45, 2.75) is 78.6 Å². The van der Waals surface area contributed by atoms with Crippen LogP contribution in [-0.2, 0) is 16.2 Å². The largest absolute Gasteiger partial charge is 0.456 e. The molecule has 3 heterocycles. The molecule has 0 amide bonds. The molecule has 0 aliphatic heterocycles. The summed E-state index contributed by atoms with van der Waals surface area (Å²) in [4.78, 5) is 0. The molecule has 0 N–H and O–H groups in total. The number of rotatable bonds is 10. The van der Waals surface area contributed by atoms with Gasteiger partial charge in [-0.15, -0.1) is 0 Å². The van der Waals surface area contributed by atoms with E-state index in [9.17, 15) is 0 Å². The topological polar surface area (TPSA) is 39.4 Å². The maximum absolute atomic E-state index is 6.41. The minimum absolute atomic E-state index is 0.0652. The van der Waals surface area contributed by atoms with Crippen molar-refractivity contribution < 1.29 is 13.3 Å². The zero-order valence-corrected chi connectivity index (χ0v) is 82.5. The molecule has 0 fully saturated rings. The van der Waals surface area contributed by atoms with Crippen LogP contribution in [-0.4, -0.2) is 0 Å². The van der Waals surface area contributed by atoms with Gasteiger partial charge in [0.15, 0.2) is 0 Å². The van der Waals surface area contributed by atoms with Crippen LogP contribution in [0.4, 0.5) is 0 Å². The van der Waals surface area contributed by atoms with Crippen molar-refractivity contribution in [1.82, 2.24) is 0 Å². The second kappa shape index (κ2) is 33.6. The molecular weight excluding hydrogens is 1750 g/mol. The predicted octanol–water partition coefficient (Wildman–Crippen LogP) is 41.2. The molecular formula is C142H102O3. The zero-order chi connectivity index (χ0) is 97.4. The van der Waals surface area contributed by atoms with Crippen molar-refractivity contribution in [1.29, 1.82) is 0 Å². The van der Waals surface area contributed by atoms with Gasteiger partial charge >= 0.3 is 0 Å². The number of hydrogen-bond acceptors (Lipinski definition) is 3. The lowest BCUT2D eigenvalue weighted by Crippen LogP contribution is -2.10. The van der Waals surface area contributed by atoms with E-state index in [0.29, 0.717) is 0 Å². The summed E-state index contributed by atoms with van der Waals surface area (Å²) in [7, 11) is 0. The van der Waals surface area contributed by atoms with E-state index < -0.39 is 0 Å². The van der Waals surface area contributed by atoms with E-state index in [1.807, 2.05) is 30.3 Å². The lowest BCUT2D eigenvalue weighted by molar-refractivity contribution is 0.591. The molecule has 26 aromatic carbocycles. The number of furan rings is 3. The highest BCUT2D eigenvalue weighted by molar-refractivity contribution is 6.32. The zero-order valence-electron chi connectivity index (χ0n) is 82.5. The van der Waals surface area contributed by atoms with Crippen LogP contribution in [0.1, 0.15) is 79.0 Å². The van der Waals surface area contributed by atoms with Crippen molar-refractivity contribution in [3.05, 3.63) is 472 Å². The summed E-state index contributed by atoms with van der Waals surface area (Å²) in [5.41, 5.74) is 34.0. The van der Waals surface area contributed by atoms with Crippen LogP contribution >= 0.6 is 0 Å². The van der Waals surface area contributed by atoms with Gasteiger partial charge in [-0.1, -0.05) is 469 Å². The van der Waals surface area contributed by atoms with Gasteiger partial charge in [-0.25, -0.2) is 0 Å². The van der Waals surface area contributed by atoms with Gasteiger partial charge < -0.3 is 13.3 Å². The van der Waals surface area contributed by atoms with Gasteiger partial charge in [0.2, 0.25) is 0 Å². The molecule has 0 radical (unpaired) electrons. The van der Waals surface area contributed by atoms with Gasteiger partial charge in [-0.3, -0.25) is 0 Å². The summed E-state index contributed by atoms with van der Waals surface area (Å²) >= 11 is 0. The Labute approximate surface area is 842 Å². The van der Waals surface area contributed by atoms with Crippen molar-refractivity contribution >= 4 is 174 Å². The molecule has 145 heavy (non-hydrogen) atoms. The normalized spacial score (nSPS) is 12.3. The maximum Gasteiger partial charge on any atom is 0.143 e. The third-order valence-corrected chi connectivity index (χ3v) is 30.9. The molecule has 0 bridgehead atoms. The van der Waals surface area contributed by atoms with Crippen LogP contribution < -0.4 is 0 Å². The van der Waals surface area contributed by atoms with Gasteiger partial charge in [0.05, 0.1) is 0 Å². The smallest absolute Gasteiger partial charge is 0.143 e. The number of fused-ring (bicyclic) bond motifs is 10. The van der Waals surface area contributed by atoms with Crippen molar-refractivity contribution in [2.75, 3.05) is 0 Å². The van der Waals surface area contributed by atoms with E-state index in [-0.39, 0.29) is 16.2 Å². The number of benzene rings is 26. The fourth-order valence-corrected chi connectivity index (χ4v) is 23.5.